The zero-order chi connectivity index (χ0) is 44.1. The minimum absolute atomic E-state index is 0.0502. The Morgan fingerprint density at radius 2 is 1.71 bits per heavy atom. The van der Waals surface area contributed by atoms with Crippen molar-refractivity contribution in [1.82, 2.24) is 30.2 Å². The molecule has 4 aromatic rings. The van der Waals surface area contributed by atoms with Crippen molar-refractivity contribution in [2.75, 3.05) is 6.54 Å². The number of halogens is 3. The molecule has 1 saturated heterocycles. The van der Waals surface area contributed by atoms with Gasteiger partial charge < -0.3 is 29.4 Å². The van der Waals surface area contributed by atoms with Crippen LogP contribution in [-0.2, 0) is 35.3 Å². The summed E-state index contributed by atoms with van der Waals surface area (Å²) >= 11 is 0. The molecular weight excluding hydrogens is 846 g/mol. The van der Waals surface area contributed by atoms with Crippen LogP contribution in [0.15, 0.2) is 65.1 Å². The number of alkyl carbamates (subject to hydrolysis) is 1. The Balaban J connectivity index is 1.06. The smallest absolute Gasteiger partial charge is 0.416 e. The number of para-hydroxylation sites is 1. The summed E-state index contributed by atoms with van der Waals surface area (Å²) < 4.78 is 87.9. The molecule has 4 amide bonds. The van der Waals surface area contributed by atoms with Crippen molar-refractivity contribution in [3.63, 3.8) is 0 Å². The number of hydrogen-bond donors (Lipinski definition) is 3. The lowest BCUT2D eigenvalue weighted by atomic mass is 10.0. The maximum atomic E-state index is 14.8. The summed E-state index contributed by atoms with van der Waals surface area (Å²) in [5.74, 6) is -2.96. The SMILES string of the molecule is O=C(N[C@H]1CCCCC/C=C\[C@@H]2C[C@@]2(C(=O)NS(=O)(=O)C2CC2)NC(=O)[C@@H]2C[C@@H](Oc3nc(-c4cccc(C(F)(F)F)c4)nc4c3oc3ccccc34)CN2C1=O)OC1CCCC1. The summed E-state index contributed by atoms with van der Waals surface area (Å²) in [5, 5.41) is 5.44. The molecule has 4 fully saturated rings. The number of benzene rings is 2. The van der Waals surface area contributed by atoms with Gasteiger partial charge in [-0.05, 0) is 88.5 Å². The standard InChI is InChI=1S/C44H47F3N6O9S/c45-44(46,47)26-13-10-11-25(21-26)37-49-35-31-16-8-9-18-34(31)62-36(35)39(50-37)60-29-22-33-38(54)51-43(41(56)52-63(58,59)30-19-20-30)23-27(43)12-4-2-1-3-5-17-32(40(55)53(33)24-29)48-42(57)61-28-14-6-7-15-28/h4,8-13,16,18,21,27-30,32-33H,1-3,5-7,14-15,17,19-20,22-24H2,(H,48,57)(H,51,54)(H,52,56)/b12-4-/t27-,29-,32+,33+,43-/m1/s1. The zero-order valence-electron chi connectivity index (χ0n) is 34.2. The van der Waals surface area contributed by atoms with Crippen LogP contribution in [0, 0.1) is 5.92 Å². The molecule has 3 aliphatic carbocycles. The van der Waals surface area contributed by atoms with Crippen LogP contribution in [0.2, 0.25) is 0 Å². The van der Waals surface area contributed by atoms with Crippen molar-refractivity contribution in [1.29, 1.82) is 0 Å². The minimum atomic E-state index is -4.64. The first-order valence-corrected chi connectivity index (χ1v) is 23.1. The Hall–Kier alpha value is -5.72. The highest BCUT2D eigenvalue weighted by atomic mass is 32.2. The van der Waals surface area contributed by atoms with Gasteiger partial charge in [-0.3, -0.25) is 19.1 Å². The minimum Gasteiger partial charge on any atom is -0.470 e. The quantitative estimate of drug-likeness (QED) is 0.164. The number of aromatic nitrogens is 2. The number of carbonyl (C=O) groups is 4. The van der Waals surface area contributed by atoms with Gasteiger partial charge in [0.15, 0.2) is 5.82 Å². The van der Waals surface area contributed by atoms with E-state index in [9.17, 15) is 40.8 Å². The molecule has 334 valence electrons. The van der Waals surface area contributed by atoms with Crippen LogP contribution in [0.1, 0.15) is 89.0 Å². The van der Waals surface area contributed by atoms with E-state index in [1.165, 1.54) is 17.0 Å². The third-order valence-corrected chi connectivity index (χ3v) is 14.4. The second kappa shape index (κ2) is 16.8. The van der Waals surface area contributed by atoms with Crippen LogP contribution < -0.4 is 20.1 Å². The van der Waals surface area contributed by atoms with Crippen LogP contribution in [0.25, 0.3) is 33.5 Å². The predicted molar refractivity (Wildman–Crippen MR) is 221 cm³/mol. The topological polar surface area (TPSA) is 199 Å². The molecule has 2 aromatic heterocycles. The number of hydrogen-bond acceptors (Lipinski definition) is 11. The van der Waals surface area contributed by atoms with Gasteiger partial charge in [0.05, 0.1) is 17.4 Å². The molecule has 15 nitrogen and oxygen atoms in total. The normalized spacial score (nSPS) is 26.6. The Labute approximate surface area is 360 Å². The molecule has 19 heteroatoms. The zero-order valence-corrected chi connectivity index (χ0v) is 35.0. The van der Waals surface area contributed by atoms with E-state index in [1.54, 1.807) is 24.3 Å². The highest BCUT2D eigenvalue weighted by Crippen LogP contribution is 2.46. The molecule has 0 bridgehead atoms. The van der Waals surface area contributed by atoms with Crippen molar-refractivity contribution in [2.24, 2.45) is 5.92 Å². The molecule has 3 saturated carbocycles. The van der Waals surface area contributed by atoms with Crippen LogP contribution in [-0.4, -0.2) is 88.7 Å². The Morgan fingerprint density at radius 3 is 2.49 bits per heavy atom. The van der Waals surface area contributed by atoms with Crippen molar-refractivity contribution in [3.05, 3.63) is 66.2 Å². The number of carbonyl (C=O) groups excluding carboxylic acids is 4. The van der Waals surface area contributed by atoms with E-state index >= 15 is 0 Å². The number of nitrogens with zero attached hydrogens (tertiary/aromatic N) is 3. The molecule has 0 spiro atoms. The second-order valence-electron chi connectivity index (χ2n) is 17.2. The number of fused-ring (bicyclic) bond motifs is 5. The van der Waals surface area contributed by atoms with Crippen molar-refractivity contribution >= 4 is 55.9 Å². The summed E-state index contributed by atoms with van der Waals surface area (Å²) in [6.45, 7) is -0.212. The Kier molecular flexibility index (Phi) is 11.3. The fraction of sp³-hybridized carbons (Fsp3) is 0.500. The number of allylic oxidation sites excluding steroid dienone is 1. The molecule has 63 heavy (non-hydrogen) atoms. The van der Waals surface area contributed by atoms with Gasteiger partial charge in [-0.25, -0.2) is 18.2 Å². The summed E-state index contributed by atoms with van der Waals surface area (Å²) in [7, 11) is -3.98. The monoisotopic (exact) mass is 892 g/mol. The van der Waals surface area contributed by atoms with Gasteiger partial charge in [-0.2, -0.15) is 18.2 Å². The van der Waals surface area contributed by atoms with Gasteiger partial charge in [0.1, 0.15) is 40.9 Å². The van der Waals surface area contributed by atoms with Crippen LogP contribution in [0.4, 0.5) is 18.0 Å². The molecule has 5 atom stereocenters. The van der Waals surface area contributed by atoms with Gasteiger partial charge in [-0.15, -0.1) is 0 Å². The maximum absolute atomic E-state index is 14.8. The van der Waals surface area contributed by atoms with E-state index < -0.39 is 80.5 Å². The van der Waals surface area contributed by atoms with Gasteiger partial charge in [-0.1, -0.05) is 49.3 Å². The van der Waals surface area contributed by atoms with Crippen molar-refractivity contribution in [2.45, 2.75) is 125 Å². The summed E-state index contributed by atoms with van der Waals surface area (Å²) in [6, 6.07) is 9.06. The fourth-order valence-electron chi connectivity index (χ4n) is 8.95. The number of nitrogens with one attached hydrogen (secondary N) is 3. The van der Waals surface area contributed by atoms with Gasteiger partial charge in [0.25, 0.3) is 11.8 Å². The van der Waals surface area contributed by atoms with E-state index in [2.05, 4.69) is 25.3 Å². The lowest BCUT2D eigenvalue weighted by Crippen LogP contribution is -2.58. The number of rotatable bonds is 8. The Bertz CT molecular complexity index is 2590. The predicted octanol–water partition coefficient (Wildman–Crippen LogP) is 6.45. The number of amides is 4. The first-order chi connectivity index (χ1) is 30.2. The largest absolute Gasteiger partial charge is 0.470 e. The molecule has 4 heterocycles. The average Bonchev–Trinajstić information content (AvgIpc) is 4.06. The third-order valence-electron chi connectivity index (χ3n) is 12.6. The third kappa shape index (κ3) is 8.93. The number of furan rings is 1. The van der Waals surface area contributed by atoms with Crippen LogP contribution >= 0.6 is 0 Å². The number of alkyl halides is 3. The molecular formula is C44H47F3N6O9S. The van der Waals surface area contributed by atoms with Gasteiger partial charge >= 0.3 is 12.3 Å². The van der Waals surface area contributed by atoms with E-state index in [4.69, 9.17) is 13.9 Å². The van der Waals surface area contributed by atoms with Gasteiger partial charge in [0.2, 0.25) is 27.4 Å². The molecule has 2 aliphatic heterocycles. The van der Waals surface area contributed by atoms with E-state index in [0.29, 0.717) is 55.9 Å². The first-order valence-electron chi connectivity index (χ1n) is 21.5. The summed E-state index contributed by atoms with van der Waals surface area (Å²) in [5.41, 5.74) is -1.72. The fourth-order valence-corrected chi connectivity index (χ4v) is 10.3. The molecule has 0 radical (unpaired) electrons. The molecule has 5 aliphatic rings. The molecule has 2 aromatic carbocycles. The van der Waals surface area contributed by atoms with E-state index in [0.717, 1.165) is 31.4 Å². The lowest BCUT2D eigenvalue weighted by Gasteiger charge is -2.30. The number of ether oxygens (including phenoxy) is 2. The lowest BCUT2D eigenvalue weighted by molar-refractivity contribution is -0.141. The van der Waals surface area contributed by atoms with Crippen molar-refractivity contribution in [3.8, 4) is 17.3 Å². The highest BCUT2D eigenvalue weighted by molar-refractivity contribution is 7.91. The summed E-state index contributed by atoms with van der Waals surface area (Å²) in [6.07, 6.45) is 3.99. The highest BCUT2D eigenvalue weighted by Gasteiger charge is 2.62. The van der Waals surface area contributed by atoms with Crippen molar-refractivity contribution < 1.29 is 54.7 Å². The van der Waals surface area contributed by atoms with Gasteiger partial charge in [0, 0.05) is 23.3 Å². The Morgan fingerprint density at radius 1 is 0.937 bits per heavy atom. The second-order valence-corrected chi connectivity index (χ2v) is 19.2. The van der Waals surface area contributed by atoms with Crippen LogP contribution in [0.3, 0.4) is 0 Å². The number of sulfonamides is 1. The van der Waals surface area contributed by atoms with Crippen LogP contribution in [0.5, 0.6) is 5.88 Å². The molecule has 0 unspecified atom stereocenters. The van der Waals surface area contributed by atoms with E-state index in [-0.39, 0.29) is 60.3 Å². The van der Waals surface area contributed by atoms with E-state index in [1.807, 2.05) is 12.2 Å². The molecule has 3 N–H and O–H groups in total. The molecule has 9 rings (SSSR count). The average molecular weight is 893 g/mol. The first kappa shape index (κ1) is 42.6. The maximum Gasteiger partial charge on any atom is 0.416 e. The summed E-state index contributed by atoms with van der Waals surface area (Å²) in [4.78, 5) is 66.9.